The number of fused-ring (bicyclic) bond motifs is 1. The molecule has 3 aromatic rings. The number of amides is 1. The molecule has 5 nitrogen and oxygen atoms in total. The van der Waals surface area contributed by atoms with E-state index in [4.69, 9.17) is 11.6 Å². The molecule has 3 aromatic carbocycles. The quantitative estimate of drug-likeness (QED) is 0.561. The van der Waals surface area contributed by atoms with Crippen LogP contribution in [0.25, 0.3) is 0 Å². The molecular weight excluding hydrogens is 451 g/mol. The smallest absolute Gasteiger partial charge is 0.264 e. The first kappa shape index (κ1) is 22.3. The molecule has 1 aliphatic heterocycles. The van der Waals surface area contributed by atoms with Crippen LogP contribution in [0.5, 0.6) is 0 Å². The molecule has 1 N–H and O–H groups in total. The maximum atomic E-state index is 13.2. The van der Waals surface area contributed by atoms with Gasteiger partial charge in [0.15, 0.2) is 0 Å². The van der Waals surface area contributed by atoms with Gasteiger partial charge in [0.1, 0.15) is 5.82 Å². The Balaban J connectivity index is 1.57. The number of rotatable bonds is 5. The van der Waals surface area contributed by atoms with E-state index >= 15 is 0 Å². The number of carbonyl (C=O) groups is 1. The van der Waals surface area contributed by atoms with Crippen molar-refractivity contribution in [3.8, 4) is 0 Å². The van der Waals surface area contributed by atoms with Crippen molar-refractivity contribution in [3.63, 3.8) is 0 Å². The minimum Gasteiger partial charge on any atom is -0.346 e. The third kappa shape index (κ3) is 4.23. The number of sulfonamides is 1. The summed E-state index contributed by atoms with van der Waals surface area (Å²) in [5, 5.41) is 3.36. The monoisotopic (exact) mass is 472 g/mol. The van der Waals surface area contributed by atoms with Crippen molar-refractivity contribution in [2.75, 3.05) is 4.31 Å². The summed E-state index contributed by atoms with van der Waals surface area (Å²) in [4.78, 5) is 12.9. The van der Waals surface area contributed by atoms with E-state index in [0.717, 1.165) is 11.1 Å². The second kappa shape index (κ2) is 8.56. The molecule has 0 saturated carbocycles. The second-order valence-corrected chi connectivity index (χ2v) is 10.1. The SMILES string of the molecule is CC(NC(=O)c1ccc2c(c1)CC(C)N2S(=O)(=O)c1ccc(Cl)cc1)c1ccc(F)cc1. The van der Waals surface area contributed by atoms with Crippen LogP contribution in [-0.2, 0) is 16.4 Å². The lowest BCUT2D eigenvalue weighted by Crippen LogP contribution is -2.35. The number of halogens is 2. The zero-order valence-corrected chi connectivity index (χ0v) is 19.1. The van der Waals surface area contributed by atoms with Crippen molar-refractivity contribution >= 4 is 33.2 Å². The lowest BCUT2D eigenvalue weighted by atomic mass is 10.0. The summed E-state index contributed by atoms with van der Waals surface area (Å²) in [6.07, 6.45) is 0.497. The molecule has 0 saturated heterocycles. The van der Waals surface area contributed by atoms with Crippen LogP contribution in [0.3, 0.4) is 0 Å². The van der Waals surface area contributed by atoms with Crippen LogP contribution in [0.1, 0.15) is 41.4 Å². The molecular formula is C24H22ClFN2O3S. The van der Waals surface area contributed by atoms with Gasteiger partial charge in [-0.2, -0.15) is 0 Å². The Morgan fingerprint density at radius 3 is 2.41 bits per heavy atom. The third-order valence-electron chi connectivity index (χ3n) is 5.58. The van der Waals surface area contributed by atoms with Crippen LogP contribution in [-0.4, -0.2) is 20.4 Å². The number of nitrogens with one attached hydrogen (secondary N) is 1. The predicted octanol–water partition coefficient (Wildman–Crippen LogP) is 5.11. The molecule has 0 aromatic heterocycles. The molecule has 32 heavy (non-hydrogen) atoms. The van der Waals surface area contributed by atoms with E-state index in [1.165, 1.54) is 28.6 Å². The van der Waals surface area contributed by atoms with Crippen LogP contribution < -0.4 is 9.62 Å². The van der Waals surface area contributed by atoms with Gasteiger partial charge in [-0.1, -0.05) is 23.7 Å². The van der Waals surface area contributed by atoms with E-state index < -0.39 is 10.0 Å². The van der Waals surface area contributed by atoms with E-state index in [-0.39, 0.29) is 28.7 Å². The molecule has 0 aliphatic carbocycles. The zero-order valence-electron chi connectivity index (χ0n) is 17.5. The standard InChI is InChI=1S/C24H22ClFN2O3S/c1-15-13-19-14-18(24(29)27-16(2)17-3-8-21(26)9-4-17)5-12-23(19)28(15)32(30,31)22-10-6-20(25)7-11-22/h3-12,14-16H,13H2,1-2H3,(H,27,29). The highest BCUT2D eigenvalue weighted by Crippen LogP contribution is 2.37. The first-order chi connectivity index (χ1) is 15.2. The molecule has 1 amide bonds. The Bertz CT molecular complexity index is 1260. The van der Waals surface area contributed by atoms with Gasteiger partial charge in [0, 0.05) is 16.6 Å². The number of nitrogens with zero attached hydrogens (tertiary/aromatic N) is 1. The van der Waals surface area contributed by atoms with Crippen LogP contribution in [0.4, 0.5) is 10.1 Å². The number of benzene rings is 3. The summed E-state index contributed by atoms with van der Waals surface area (Å²) in [6.45, 7) is 3.66. The first-order valence-electron chi connectivity index (χ1n) is 10.2. The van der Waals surface area contributed by atoms with Crippen molar-refractivity contribution in [3.05, 3.63) is 94.3 Å². The lowest BCUT2D eigenvalue weighted by Gasteiger charge is -2.24. The third-order valence-corrected chi connectivity index (χ3v) is 7.78. The summed E-state index contributed by atoms with van der Waals surface area (Å²) in [5.41, 5.74) is 2.58. The van der Waals surface area contributed by atoms with Gasteiger partial charge in [0.05, 0.1) is 16.6 Å². The van der Waals surface area contributed by atoms with Crippen molar-refractivity contribution in [2.24, 2.45) is 0 Å². The normalized spacial score (nSPS) is 16.5. The largest absolute Gasteiger partial charge is 0.346 e. The van der Waals surface area contributed by atoms with E-state index in [1.54, 1.807) is 42.5 Å². The number of anilines is 1. The van der Waals surface area contributed by atoms with Gasteiger partial charge in [0.2, 0.25) is 0 Å². The van der Waals surface area contributed by atoms with Gasteiger partial charge in [-0.3, -0.25) is 9.10 Å². The average molecular weight is 473 g/mol. The lowest BCUT2D eigenvalue weighted by molar-refractivity contribution is 0.0940. The van der Waals surface area contributed by atoms with Gasteiger partial charge in [0.25, 0.3) is 15.9 Å². The fourth-order valence-electron chi connectivity index (χ4n) is 3.95. The van der Waals surface area contributed by atoms with Crippen LogP contribution in [0.15, 0.2) is 71.6 Å². The molecule has 0 radical (unpaired) electrons. The number of carbonyl (C=O) groups excluding carboxylic acids is 1. The van der Waals surface area contributed by atoms with Gasteiger partial charge >= 0.3 is 0 Å². The maximum absolute atomic E-state index is 13.2. The molecule has 0 bridgehead atoms. The predicted molar refractivity (Wildman–Crippen MR) is 123 cm³/mol. The molecule has 0 spiro atoms. The molecule has 166 valence electrons. The van der Waals surface area contributed by atoms with Gasteiger partial charge < -0.3 is 5.32 Å². The summed E-state index contributed by atoms with van der Waals surface area (Å²) < 4.78 is 41.0. The minimum absolute atomic E-state index is 0.163. The Labute approximate surface area is 191 Å². The fraction of sp³-hybridized carbons (Fsp3) is 0.208. The summed E-state index contributed by atoms with van der Waals surface area (Å²) in [5.74, 6) is -0.616. The van der Waals surface area contributed by atoms with Crippen molar-refractivity contribution < 1.29 is 17.6 Å². The number of hydrogen-bond acceptors (Lipinski definition) is 3. The Morgan fingerprint density at radius 2 is 1.75 bits per heavy atom. The van der Waals surface area contributed by atoms with Gasteiger partial charge in [-0.15, -0.1) is 0 Å². The highest BCUT2D eigenvalue weighted by atomic mass is 35.5. The van der Waals surface area contributed by atoms with E-state index in [0.29, 0.717) is 22.7 Å². The Hall–Kier alpha value is -2.90. The molecule has 1 aliphatic rings. The minimum atomic E-state index is -3.77. The summed E-state index contributed by atoms with van der Waals surface area (Å²) in [7, 11) is -3.77. The van der Waals surface area contributed by atoms with Crippen LogP contribution in [0.2, 0.25) is 5.02 Å². The van der Waals surface area contributed by atoms with Gasteiger partial charge in [-0.25, -0.2) is 12.8 Å². The van der Waals surface area contributed by atoms with E-state index in [1.807, 2.05) is 13.8 Å². The molecule has 0 fully saturated rings. The average Bonchev–Trinajstić information content (AvgIpc) is 3.10. The van der Waals surface area contributed by atoms with Crippen LogP contribution in [0, 0.1) is 5.82 Å². The molecule has 2 atom stereocenters. The second-order valence-electron chi connectivity index (χ2n) is 7.90. The van der Waals surface area contributed by atoms with E-state index in [9.17, 15) is 17.6 Å². The van der Waals surface area contributed by atoms with Gasteiger partial charge in [-0.05, 0) is 86.0 Å². The highest BCUT2D eigenvalue weighted by molar-refractivity contribution is 7.92. The topological polar surface area (TPSA) is 66.5 Å². The first-order valence-corrected chi connectivity index (χ1v) is 12.0. The molecule has 2 unspecified atom stereocenters. The molecule has 1 heterocycles. The van der Waals surface area contributed by atoms with Crippen molar-refractivity contribution in [1.82, 2.24) is 5.32 Å². The maximum Gasteiger partial charge on any atom is 0.264 e. The van der Waals surface area contributed by atoms with Crippen molar-refractivity contribution in [1.29, 1.82) is 0 Å². The fourth-order valence-corrected chi connectivity index (χ4v) is 5.76. The van der Waals surface area contributed by atoms with E-state index in [2.05, 4.69) is 5.32 Å². The Kier molecular flexibility index (Phi) is 5.97. The number of hydrogen-bond donors (Lipinski definition) is 1. The molecule has 8 heteroatoms. The summed E-state index contributed by atoms with van der Waals surface area (Å²) in [6, 6.07) is 16.5. The van der Waals surface area contributed by atoms with Crippen molar-refractivity contribution in [2.45, 2.75) is 37.2 Å². The van der Waals surface area contributed by atoms with Crippen LogP contribution >= 0.6 is 11.6 Å². The highest BCUT2D eigenvalue weighted by Gasteiger charge is 2.36. The molecule has 4 rings (SSSR count). The summed E-state index contributed by atoms with van der Waals surface area (Å²) >= 11 is 5.90. The Morgan fingerprint density at radius 1 is 1.09 bits per heavy atom. The zero-order chi connectivity index (χ0) is 23.0.